The van der Waals surface area contributed by atoms with Gasteiger partial charge in [0.05, 0.1) is 0 Å². The van der Waals surface area contributed by atoms with Gasteiger partial charge in [-0.05, 0) is 41.1 Å². The molecule has 136 valence electrons. The van der Waals surface area contributed by atoms with Crippen molar-refractivity contribution in [2.45, 2.75) is 25.8 Å². The summed E-state index contributed by atoms with van der Waals surface area (Å²) in [5.74, 6) is 1.03. The molecule has 2 heterocycles. The number of hydrogen-bond acceptors (Lipinski definition) is 4. The molecule has 3 aromatic rings. The van der Waals surface area contributed by atoms with E-state index in [1.807, 2.05) is 52.7 Å². The molecule has 0 aliphatic carbocycles. The fraction of sp³-hybridized carbons (Fsp3) is 0.300. The normalized spacial score (nSPS) is 12.1. The molecule has 2 aromatic heterocycles. The molecule has 1 N–H and O–H groups in total. The fourth-order valence-corrected chi connectivity index (χ4v) is 3.45. The van der Waals surface area contributed by atoms with Crippen LogP contribution in [-0.4, -0.2) is 28.8 Å². The summed E-state index contributed by atoms with van der Waals surface area (Å²) in [4.78, 5) is 13.3. The van der Waals surface area contributed by atoms with Crippen LogP contribution in [0.25, 0.3) is 0 Å². The number of nitrogens with zero attached hydrogens (tertiary/aromatic N) is 2. The number of benzene rings is 1. The average Bonchev–Trinajstić information content (AvgIpc) is 3.35. The molecular formula is C20H23N3O2S. The van der Waals surface area contributed by atoms with Crippen LogP contribution in [0.4, 0.5) is 0 Å². The van der Waals surface area contributed by atoms with Gasteiger partial charge in [-0.15, -0.1) is 11.3 Å². The third-order valence-corrected chi connectivity index (χ3v) is 5.10. The van der Waals surface area contributed by atoms with Gasteiger partial charge in [-0.1, -0.05) is 32.0 Å². The van der Waals surface area contributed by atoms with Crippen molar-refractivity contribution in [3.8, 4) is 5.75 Å². The molecule has 26 heavy (non-hydrogen) atoms. The number of carbonyl (C=O) groups excluding carboxylic acids is 1. The Morgan fingerprint density at radius 1 is 1.23 bits per heavy atom. The van der Waals surface area contributed by atoms with Gasteiger partial charge in [0.2, 0.25) is 0 Å². The number of hydrogen-bond donors (Lipinski definition) is 1. The molecule has 0 saturated heterocycles. The van der Waals surface area contributed by atoms with E-state index in [0.717, 1.165) is 4.88 Å². The molecule has 0 bridgehead atoms. The van der Waals surface area contributed by atoms with Crippen LogP contribution in [0, 0.1) is 0 Å². The zero-order valence-electron chi connectivity index (χ0n) is 15.0. The number of thiophene rings is 1. The Bertz CT molecular complexity index is 762. The number of nitrogens with one attached hydrogen (secondary N) is 1. The van der Waals surface area contributed by atoms with Gasteiger partial charge in [-0.25, -0.2) is 0 Å². The minimum absolute atomic E-state index is 0.00269. The van der Waals surface area contributed by atoms with Crippen molar-refractivity contribution in [3.63, 3.8) is 0 Å². The molecule has 0 aliphatic heterocycles. The highest BCUT2D eigenvalue weighted by Crippen LogP contribution is 2.22. The van der Waals surface area contributed by atoms with Gasteiger partial charge in [-0.3, -0.25) is 9.48 Å². The highest BCUT2D eigenvalue weighted by Gasteiger charge is 2.16. The lowest BCUT2D eigenvalue weighted by molar-refractivity contribution is -0.123. The lowest BCUT2D eigenvalue weighted by Gasteiger charge is -2.17. The van der Waals surface area contributed by atoms with E-state index in [1.165, 1.54) is 5.56 Å². The second-order valence-corrected chi connectivity index (χ2v) is 7.31. The topological polar surface area (TPSA) is 56.1 Å². The second-order valence-electron chi connectivity index (χ2n) is 6.33. The van der Waals surface area contributed by atoms with Crippen molar-refractivity contribution in [1.82, 2.24) is 15.1 Å². The maximum Gasteiger partial charge on any atom is 0.258 e. The van der Waals surface area contributed by atoms with E-state index in [0.29, 0.717) is 18.2 Å². The predicted octanol–water partition coefficient (Wildman–Crippen LogP) is 3.85. The fourth-order valence-electron chi connectivity index (χ4n) is 2.63. The van der Waals surface area contributed by atoms with E-state index in [1.54, 1.807) is 17.5 Å². The summed E-state index contributed by atoms with van der Waals surface area (Å²) in [6.07, 6.45) is 3.65. The molecule has 0 saturated carbocycles. The van der Waals surface area contributed by atoms with E-state index >= 15 is 0 Å². The van der Waals surface area contributed by atoms with Crippen molar-refractivity contribution in [3.05, 3.63) is 70.7 Å². The summed E-state index contributed by atoms with van der Waals surface area (Å²) >= 11 is 1.65. The Balaban J connectivity index is 1.52. The Morgan fingerprint density at radius 2 is 2.04 bits per heavy atom. The molecule has 6 heteroatoms. The van der Waals surface area contributed by atoms with Gasteiger partial charge in [-0.2, -0.15) is 5.10 Å². The van der Waals surface area contributed by atoms with Crippen LogP contribution >= 0.6 is 11.3 Å². The first-order valence-electron chi connectivity index (χ1n) is 8.65. The quantitative estimate of drug-likeness (QED) is 0.656. The van der Waals surface area contributed by atoms with Crippen molar-refractivity contribution in [2.24, 2.45) is 0 Å². The number of carbonyl (C=O) groups is 1. The van der Waals surface area contributed by atoms with Crippen LogP contribution in [-0.2, 0) is 4.79 Å². The molecule has 1 aromatic carbocycles. The SMILES string of the molecule is CC(C)c1ccc(OCC(=O)NCC(c2cccs2)n2cccn2)cc1. The van der Waals surface area contributed by atoms with Crippen LogP contribution in [0.1, 0.15) is 36.2 Å². The summed E-state index contributed by atoms with van der Waals surface area (Å²) in [5, 5.41) is 9.27. The van der Waals surface area contributed by atoms with Gasteiger partial charge in [0.15, 0.2) is 6.61 Å². The molecule has 5 nitrogen and oxygen atoms in total. The first-order valence-corrected chi connectivity index (χ1v) is 9.53. The minimum atomic E-state index is -0.147. The van der Waals surface area contributed by atoms with Gasteiger partial charge in [0.25, 0.3) is 5.91 Å². The monoisotopic (exact) mass is 369 g/mol. The van der Waals surface area contributed by atoms with Crippen LogP contribution in [0.15, 0.2) is 60.2 Å². The standard InChI is InChI=1S/C20H23N3O2S/c1-15(2)16-6-8-17(9-7-16)25-14-20(24)21-13-18(19-5-3-12-26-19)23-11-4-10-22-23/h3-12,15,18H,13-14H2,1-2H3,(H,21,24). The van der Waals surface area contributed by atoms with Gasteiger partial charge in [0.1, 0.15) is 11.8 Å². The number of ether oxygens (including phenoxy) is 1. The third-order valence-electron chi connectivity index (χ3n) is 4.13. The lowest BCUT2D eigenvalue weighted by atomic mass is 10.0. The molecule has 0 aliphatic rings. The van der Waals surface area contributed by atoms with Crippen molar-refractivity contribution >= 4 is 17.2 Å². The smallest absolute Gasteiger partial charge is 0.258 e. The van der Waals surface area contributed by atoms with Crippen LogP contribution in [0.3, 0.4) is 0 Å². The Hall–Kier alpha value is -2.60. The Morgan fingerprint density at radius 3 is 2.65 bits per heavy atom. The van der Waals surface area contributed by atoms with Crippen molar-refractivity contribution in [2.75, 3.05) is 13.2 Å². The van der Waals surface area contributed by atoms with Gasteiger partial charge >= 0.3 is 0 Å². The number of amides is 1. The molecule has 0 spiro atoms. The Kier molecular flexibility index (Phi) is 6.07. The molecular weight excluding hydrogens is 346 g/mol. The van der Waals surface area contributed by atoms with E-state index in [-0.39, 0.29) is 18.6 Å². The maximum atomic E-state index is 12.2. The second kappa shape index (κ2) is 8.67. The molecule has 0 radical (unpaired) electrons. The van der Waals surface area contributed by atoms with Crippen molar-refractivity contribution < 1.29 is 9.53 Å². The largest absolute Gasteiger partial charge is 0.484 e. The summed E-state index contributed by atoms with van der Waals surface area (Å²) in [6, 6.07) is 13.8. The lowest BCUT2D eigenvalue weighted by Crippen LogP contribution is -2.34. The number of aromatic nitrogens is 2. The van der Waals surface area contributed by atoms with Crippen LogP contribution in [0.5, 0.6) is 5.75 Å². The number of rotatable bonds is 8. The van der Waals surface area contributed by atoms with Gasteiger partial charge in [0, 0.05) is 23.8 Å². The highest BCUT2D eigenvalue weighted by atomic mass is 32.1. The average molecular weight is 369 g/mol. The summed E-state index contributed by atoms with van der Waals surface area (Å²) in [6.45, 7) is 4.76. The van der Waals surface area contributed by atoms with Crippen LogP contribution in [0.2, 0.25) is 0 Å². The predicted molar refractivity (Wildman–Crippen MR) is 104 cm³/mol. The minimum Gasteiger partial charge on any atom is -0.484 e. The van der Waals surface area contributed by atoms with E-state index < -0.39 is 0 Å². The zero-order valence-corrected chi connectivity index (χ0v) is 15.8. The first kappa shape index (κ1) is 18.2. The molecule has 3 rings (SSSR count). The zero-order chi connectivity index (χ0) is 18.4. The molecule has 1 atom stereocenters. The van der Waals surface area contributed by atoms with Crippen LogP contribution < -0.4 is 10.1 Å². The molecule has 0 fully saturated rings. The van der Waals surface area contributed by atoms with Crippen molar-refractivity contribution in [1.29, 1.82) is 0 Å². The summed E-state index contributed by atoms with van der Waals surface area (Å²) in [7, 11) is 0. The highest BCUT2D eigenvalue weighted by molar-refractivity contribution is 7.10. The maximum absolute atomic E-state index is 12.2. The first-order chi connectivity index (χ1) is 12.6. The Labute approximate surface area is 157 Å². The third kappa shape index (κ3) is 4.73. The van der Waals surface area contributed by atoms with Gasteiger partial charge < -0.3 is 10.1 Å². The molecule has 1 amide bonds. The van der Waals surface area contributed by atoms with E-state index in [4.69, 9.17) is 4.74 Å². The summed E-state index contributed by atoms with van der Waals surface area (Å²) in [5.41, 5.74) is 1.25. The summed E-state index contributed by atoms with van der Waals surface area (Å²) < 4.78 is 7.44. The molecule has 1 unspecified atom stereocenters. The van der Waals surface area contributed by atoms with E-state index in [9.17, 15) is 4.79 Å². The van der Waals surface area contributed by atoms with E-state index in [2.05, 4.69) is 30.3 Å².